The Morgan fingerprint density at radius 3 is 2.58 bits per heavy atom. The first kappa shape index (κ1) is 15.3. The number of thioether (sulfide) groups is 1. The first-order chi connectivity index (χ1) is 9.13. The molecule has 0 aliphatic carbocycles. The summed E-state index contributed by atoms with van der Waals surface area (Å²) >= 11 is 1.58. The number of hydrogen-bond donors (Lipinski definition) is 1. The minimum Gasteiger partial charge on any atom is -0.480 e. The van der Waals surface area contributed by atoms with Crippen LogP contribution in [0.3, 0.4) is 0 Å². The van der Waals surface area contributed by atoms with E-state index in [9.17, 15) is 9.59 Å². The van der Waals surface area contributed by atoms with E-state index in [-0.39, 0.29) is 19.0 Å². The van der Waals surface area contributed by atoms with Gasteiger partial charge in [-0.1, -0.05) is 24.3 Å². The van der Waals surface area contributed by atoms with Crippen LogP contribution in [-0.2, 0) is 9.59 Å². The Labute approximate surface area is 117 Å². The fourth-order valence-electron chi connectivity index (χ4n) is 1.50. The van der Waals surface area contributed by atoms with Crippen LogP contribution in [0.5, 0.6) is 0 Å². The van der Waals surface area contributed by atoms with Crippen LogP contribution in [0.25, 0.3) is 0 Å². The third-order valence-corrected chi connectivity index (χ3v) is 3.37. The van der Waals surface area contributed by atoms with E-state index in [1.807, 2.05) is 30.3 Å². The van der Waals surface area contributed by atoms with E-state index in [1.54, 1.807) is 11.8 Å². The molecule has 0 radical (unpaired) electrons. The summed E-state index contributed by atoms with van der Waals surface area (Å²) in [7, 11) is 0. The van der Waals surface area contributed by atoms with Gasteiger partial charge in [-0.25, -0.2) is 0 Å². The molecule has 0 fully saturated rings. The number of rotatable bonds is 8. The minimum atomic E-state index is -1.01. The lowest BCUT2D eigenvalue weighted by Gasteiger charge is -2.18. The zero-order valence-electron chi connectivity index (χ0n) is 10.6. The van der Waals surface area contributed by atoms with E-state index >= 15 is 0 Å². The summed E-state index contributed by atoms with van der Waals surface area (Å²) in [6.07, 6.45) is 1.85. The maximum absolute atomic E-state index is 11.9. The van der Waals surface area contributed by atoms with Crippen molar-refractivity contribution in [3.8, 4) is 0 Å². The van der Waals surface area contributed by atoms with E-state index in [0.717, 1.165) is 4.90 Å². The van der Waals surface area contributed by atoms with Crippen molar-refractivity contribution in [1.82, 2.24) is 4.90 Å². The highest BCUT2D eigenvalue weighted by Crippen LogP contribution is 2.18. The van der Waals surface area contributed by atoms with Gasteiger partial charge in [0.05, 0.1) is 0 Å². The summed E-state index contributed by atoms with van der Waals surface area (Å²) in [6.45, 7) is 3.51. The van der Waals surface area contributed by atoms with E-state index in [4.69, 9.17) is 5.11 Å². The summed E-state index contributed by atoms with van der Waals surface area (Å²) in [5.74, 6) is -0.535. The van der Waals surface area contributed by atoms with Gasteiger partial charge in [0.1, 0.15) is 6.54 Å². The van der Waals surface area contributed by atoms with Crippen molar-refractivity contribution in [3.05, 3.63) is 43.0 Å². The van der Waals surface area contributed by atoms with Gasteiger partial charge in [-0.15, -0.1) is 18.3 Å². The standard InChI is InChI=1S/C14H17NO3S/c1-2-9-15(11-14(17)18)13(16)8-10-19-12-6-4-3-5-7-12/h2-7H,1,8-11H2,(H,17,18). The average Bonchev–Trinajstić information content (AvgIpc) is 2.39. The molecule has 0 heterocycles. The maximum Gasteiger partial charge on any atom is 0.323 e. The summed E-state index contributed by atoms with van der Waals surface area (Å²) in [6, 6.07) is 9.78. The van der Waals surface area contributed by atoms with Crippen molar-refractivity contribution >= 4 is 23.6 Å². The van der Waals surface area contributed by atoms with E-state index in [1.165, 1.54) is 11.0 Å². The van der Waals surface area contributed by atoms with Crippen LogP contribution in [0.4, 0.5) is 0 Å². The van der Waals surface area contributed by atoms with Crippen LogP contribution in [0.2, 0.25) is 0 Å². The van der Waals surface area contributed by atoms with Gasteiger partial charge in [-0.3, -0.25) is 9.59 Å². The predicted octanol–water partition coefficient (Wildman–Crippen LogP) is 2.27. The number of carboxylic acid groups (broad SMARTS) is 1. The molecule has 19 heavy (non-hydrogen) atoms. The zero-order valence-corrected chi connectivity index (χ0v) is 11.4. The van der Waals surface area contributed by atoms with Crippen LogP contribution in [0, 0.1) is 0 Å². The molecule has 4 nitrogen and oxygen atoms in total. The van der Waals surface area contributed by atoms with Crippen molar-refractivity contribution in [2.45, 2.75) is 11.3 Å². The maximum atomic E-state index is 11.9. The first-order valence-electron chi connectivity index (χ1n) is 5.92. The number of carboxylic acids is 1. The molecule has 1 aromatic carbocycles. The molecule has 0 spiro atoms. The second-order valence-electron chi connectivity index (χ2n) is 3.87. The second kappa shape index (κ2) is 8.37. The Morgan fingerprint density at radius 2 is 2.00 bits per heavy atom. The lowest BCUT2D eigenvalue weighted by atomic mass is 10.3. The Bertz CT molecular complexity index is 434. The molecule has 5 heteroatoms. The van der Waals surface area contributed by atoms with Crippen molar-refractivity contribution in [1.29, 1.82) is 0 Å². The van der Waals surface area contributed by atoms with Gasteiger partial charge in [-0.05, 0) is 12.1 Å². The predicted molar refractivity (Wildman–Crippen MR) is 76.2 cm³/mol. The van der Waals surface area contributed by atoms with Gasteiger partial charge >= 0.3 is 5.97 Å². The summed E-state index contributed by atoms with van der Waals surface area (Å²) in [4.78, 5) is 24.9. The monoisotopic (exact) mass is 279 g/mol. The van der Waals surface area contributed by atoms with E-state index in [0.29, 0.717) is 12.2 Å². The Balaban J connectivity index is 2.39. The molecule has 0 unspecified atom stereocenters. The van der Waals surface area contributed by atoms with Crippen LogP contribution in [0.1, 0.15) is 6.42 Å². The van der Waals surface area contributed by atoms with Gasteiger partial charge in [-0.2, -0.15) is 0 Å². The molecule has 0 atom stereocenters. The van der Waals surface area contributed by atoms with Crippen LogP contribution in [0.15, 0.2) is 47.9 Å². The third kappa shape index (κ3) is 6.10. The number of carbonyl (C=O) groups is 2. The lowest BCUT2D eigenvalue weighted by Crippen LogP contribution is -2.35. The summed E-state index contributed by atoms with van der Waals surface area (Å²) < 4.78 is 0. The lowest BCUT2D eigenvalue weighted by molar-refractivity contribution is -0.143. The fourth-order valence-corrected chi connectivity index (χ4v) is 2.37. The third-order valence-electron chi connectivity index (χ3n) is 2.36. The SMILES string of the molecule is C=CCN(CC(=O)O)C(=O)CCSc1ccccc1. The zero-order chi connectivity index (χ0) is 14.1. The molecule has 0 aromatic heterocycles. The van der Waals surface area contributed by atoms with Crippen molar-refractivity contribution in [2.75, 3.05) is 18.8 Å². The van der Waals surface area contributed by atoms with Gasteiger partial charge in [0.15, 0.2) is 0 Å². The highest BCUT2D eigenvalue weighted by molar-refractivity contribution is 7.99. The quantitative estimate of drug-likeness (QED) is 0.586. The first-order valence-corrected chi connectivity index (χ1v) is 6.90. The topological polar surface area (TPSA) is 57.6 Å². The number of amides is 1. The molecular weight excluding hydrogens is 262 g/mol. The van der Waals surface area contributed by atoms with Crippen molar-refractivity contribution in [3.63, 3.8) is 0 Å². The number of carbonyl (C=O) groups excluding carboxylic acids is 1. The largest absolute Gasteiger partial charge is 0.480 e. The molecule has 1 aromatic rings. The highest BCUT2D eigenvalue weighted by Gasteiger charge is 2.14. The number of aliphatic carboxylic acids is 1. The fraction of sp³-hybridized carbons (Fsp3) is 0.286. The second-order valence-corrected chi connectivity index (χ2v) is 5.04. The number of benzene rings is 1. The van der Waals surface area contributed by atoms with Gasteiger partial charge in [0.2, 0.25) is 5.91 Å². The van der Waals surface area contributed by atoms with Gasteiger partial charge in [0, 0.05) is 23.6 Å². The van der Waals surface area contributed by atoms with E-state index in [2.05, 4.69) is 6.58 Å². The molecule has 1 N–H and O–H groups in total. The Kier molecular flexibility index (Phi) is 6.74. The van der Waals surface area contributed by atoms with E-state index < -0.39 is 5.97 Å². The van der Waals surface area contributed by atoms with Crippen LogP contribution in [-0.4, -0.2) is 40.7 Å². The minimum absolute atomic E-state index is 0.161. The molecule has 1 amide bonds. The van der Waals surface area contributed by atoms with Crippen molar-refractivity contribution in [2.24, 2.45) is 0 Å². The normalized spacial score (nSPS) is 9.89. The summed E-state index contributed by atoms with van der Waals surface area (Å²) in [5, 5.41) is 8.73. The van der Waals surface area contributed by atoms with Gasteiger partial charge < -0.3 is 10.0 Å². The van der Waals surface area contributed by atoms with Crippen LogP contribution < -0.4 is 0 Å². The molecule has 102 valence electrons. The molecular formula is C14H17NO3S. The van der Waals surface area contributed by atoms with Crippen molar-refractivity contribution < 1.29 is 14.7 Å². The Hall–Kier alpha value is -1.75. The number of hydrogen-bond acceptors (Lipinski definition) is 3. The number of nitrogens with zero attached hydrogens (tertiary/aromatic N) is 1. The Morgan fingerprint density at radius 1 is 1.32 bits per heavy atom. The smallest absolute Gasteiger partial charge is 0.323 e. The molecule has 1 rings (SSSR count). The highest BCUT2D eigenvalue weighted by atomic mass is 32.2. The molecule has 0 aliphatic heterocycles. The molecule has 0 bridgehead atoms. The molecule has 0 aliphatic rings. The summed E-state index contributed by atoms with van der Waals surface area (Å²) in [5.41, 5.74) is 0. The molecule has 0 saturated carbocycles. The van der Waals surface area contributed by atoms with Gasteiger partial charge in [0.25, 0.3) is 0 Å². The molecule has 0 saturated heterocycles. The van der Waals surface area contributed by atoms with Crippen LogP contribution >= 0.6 is 11.8 Å². The average molecular weight is 279 g/mol.